The Morgan fingerprint density at radius 1 is 0.971 bits per heavy atom. The van der Waals surface area contributed by atoms with Crippen molar-refractivity contribution >= 4 is 40.6 Å². The molecule has 3 atom stereocenters. The van der Waals surface area contributed by atoms with Gasteiger partial charge in [0.15, 0.2) is 0 Å². The summed E-state index contributed by atoms with van der Waals surface area (Å²) in [4.78, 5) is 12.8. The molecule has 2 aromatic carbocycles. The standard InChI is InChI=1S/C27H39BrO5Si/c1-8-31-25(29)27(6,28)24(32-20-30-7)21(2)19-33-34(26(3,4)5,22-15-11-9-12-16-22)23-17-13-10-14-18-23/h9-18,21,24H,8,19-20H2,1-7H3/t21-,24-,27+/m1/s1. The van der Waals surface area contributed by atoms with Crippen molar-refractivity contribution in [3.05, 3.63) is 60.7 Å². The minimum atomic E-state index is -2.71. The van der Waals surface area contributed by atoms with Crippen LogP contribution < -0.4 is 10.4 Å². The van der Waals surface area contributed by atoms with Crippen molar-refractivity contribution in [1.29, 1.82) is 0 Å². The molecule has 5 nitrogen and oxygen atoms in total. The van der Waals surface area contributed by atoms with Crippen molar-refractivity contribution < 1.29 is 23.4 Å². The molecule has 0 heterocycles. The number of halogens is 1. The smallest absolute Gasteiger partial charge is 0.325 e. The molecule has 0 aliphatic carbocycles. The highest BCUT2D eigenvalue weighted by Crippen LogP contribution is 2.38. The van der Waals surface area contributed by atoms with Gasteiger partial charge in [-0.1, -0.05) is 104 Å². The number of alkyl halides is 1. The summed E-state index contributed by atoms with van der Waals surface area (Å²) >= 11 is 3.60. The Hall–Kier alpha value is -1.51. The summed E-state index contributed by atoms with van der Waals surface area (Å²) in [5, 5.41) is 2.28. The lowest BCUT2D eigenvalue weighted by molar-refractivity contribution is -0.157. The van der Waals surface area contributed by atoms with Crippen molar-refractivity contribution in [2.75, 3.05) is 27.1 Å². The number of carbonyl (C=O) groups excluding carboxylic acids is 1. The number of hydrogen-bond donors (Lipinski definition) is 0. The summed E-state index contributed by atoms with van der Waals surface area (Å²) in [5.41, 5.74) is 0. The fourth-order valence-corrected chi connectivity index (χ4v) is 9.86. The van der Waals surface area contributed by atoms with Gasteiger partial charge in [-0.2, -0.15) is 0 Å². The fraction of sp³-hybridized carbons (Fsp3) is 0.519. The molecule has 0 unspecified atom stereocenters. The molecular formula is C27H39BrO5Si. The van der Waals surface area contributed by atoms with Crippen LogP contribution in [0.25, 0.3) is 0 Å². The Morgan fingerprint density at radius 2 is 1.47 bits per heavy atom. The molecule has 0 saturated carbocycles. The van der Waals surface area contributed by atoms with Crippen LogP contribution in [0.1, 0.15) is 41.5 Å². The van der Waals surface area contributed by atoms with Gasteiger partial charge in [-0.25, -0.2) is 0 Å². The van der Waals surface area contributed by atoms with Crippen LogP contribution in [-0.2, 0) is 23.4 Å². The first kappa shape index (κ1) is 28.7. The molecule has 0 bridgehead atoms. The number of ether oxygens (including phenoxy) is 3. The number of rotatable bonds is 12. The molecule has 2 aromatic rings. The highest BCUT2D eigenvalue weighted by molar-refractivity contribution is 9.10. The summed E-state index contributed by atoms with van der Waals surface area (Å²) < 4.78 is 22.5. The second-order valence-corrected chi connectivity index (χ2v) is 15.7. The maximum atomic E-state index is 12.8. The summed E-state index contributed by atoms with van der Waals surface area (Å²) in [7, 11) is -1.14. The lowest BCUT2D eigenvalue weighted by Crippen LogP contribution is -2.67. The third-order valence-corrected chi connectivity index (χ3v) is 11.9. The zero-order chi connectivity index (χ0) is 25.4. The average molecular weight is 552 g/mol. The Bertz CT molecular complexity index is 843. The van der Waals surface area contributed by atoms with Crippen molar-refractivity contribution in [2.24, 2.45) is 5.92 Å². The molecule has 34 heavy (non-hydrogen) atoms. The van der Waals surface area contributed by atoms with Gasteiger partial charge >= 0.3 is 5.97 Å². The number of esters is 1. The largest absolute Gasteiger partial charge is 0.465 e. The predicted molar refractivity (Wildman–Crippen MR) is 143 cm³/mol. The Morgan fingerprint density at radius 3 is 1.88 bits per heavy atom. The van der Waals surface area contributed by atoms with Crippen molar-refractivity contribution in [1.82, 2.24) is 0 Å². The van der Waals surface area contributed by atoms with Gasteiger partial charge in [0.25, 0.3) is 8.32 Å². The molecule has 0 radical (unpaired) electrons. The van der Waals surface area contributed by atoms with Crippen LogP contribution in [-0.4, -0.2) is 51.8 Å². The minimum Gasteiger partial charge on any atom is -0.465 e. The Labute approximate surface area is 214 Å². The zero-order valence-electron chi connectivity index (χ0n) is 21.5. The molecule has 0 aliphatic heterocycles. The van der Waals surface area contributed by atoms with Crippen molar-refractivity contribution in [2.45, 2.75) is 57.0 Å². The van der Waals surface area contributed by atoms with Crippen molar-refractivity contribution in [3.63, 3.8) is 0 Å². The third kappa shape index (κ3) is 6.37. The molecule has 0 spiro atoms. The van der Waals surface area contributed by atoms with Gasteiger partial charge in [0.1, 0.15) is 11.1 Å². The van der Waals surface area contributed by atoms with E-state index in [0.717, 1.165) is 0 Å². The molecule has 0 aliphatic rings. The average Bonchev–Trinajstić information content (AvgIpc) is 2.80. The van der Waals surface area contributed by atoms with Crippen LogP contribution >= 0.6 is 15.9 Å². The number of carbonyl (C=O) groups is 1. The second-order valence-electron chi connectivity index (χ2n) is 9.74. The van der Waals surface area contributed by atoms with Gasteiger partial charge in [0.05, 0.1) is 12.7 Å². The number of hydrogen-bond acceptors (Lipinski definition) is 5. The second kappa shape index (κ2) is 12.4. The third-order valence-electron chi connectivity index (χ3n) is 6.07. The van der Waals surface area contributed by atoms with Gasteiger partial charge in [-0.3, -0.25) is 4.79 Å². The molecule has 0 fully saturated rings. The first-order valence-corrected chi connectivity index (χ1v) is 14.4. The molecule has 0 aromatic heterocycles. The number of benzene rings is 2. The molecule has 7 heteroatoms. The van der Waals surface area contributed by atoms with E-state index in [9.17, 15) is 4.79 Å². The maximum Gasteiger partial charge on any atom is 0.325 e. The molecule has 0 amide bonds. The lowest BCUT2D eigenvalue weighted by Gasteiger charge is -2.44. The van der Waals surface area contributed by atoms with Crippen LogP contribution in [0.15, 0.2) is 60.7 Å². The van der Waals surface area contributed by atoms with Crippen LogP contribution in [0.2, 0.25) is 5.04 Å². The Kier molecular flexibility index (Phi) is 10.5. The van der Waals surface area contributed by atoms with Gasteiger partial charge in [-0.15, -0.1) is 0 Å². The summed E-state index contributed by atoms with van der Waals surface area (Å²) in [6.45, 7) is 13.1. The Balaban J connectivity index is 2.48. The topological polar surface area (TPSA) is 54.0 Å². The van der Waals surface area contributed by atoms with E-state index < -0.39 is 18.7 Å². The van der Waals surface area contributed by atoms with E-state index >= 15 is 0 Å². The molecule has 188 valence electrons. The number of methoxy groups -OCH3 is 1. The highest BCUT2D eigenvalue weighted by Gasteiger charge is 2.51. The van der Waals surface area contributed by atoms with Crippen LogP contribution in [0.3, 0.4) is 0 Å². The van der Waals surface area contributed by atoms with E-state index in [2.05, 4.69) is 85.2 Å². The monoisotopic (exact) mass is 550 g/mol. The van der Waals surface area contributed by atoms with E-state index in [1.807, 2.05) is 19.1 Å². The summed E-state index contributed by atoms with van der Waals surface area (Å²) in [6, 6.07) is 21.0. The highest BCUT2D eigenvalue weighted by atomic mass is 79.9. The van der Waals surface area contributed by atoms with Crippen molar-refractivity contribution in [3.8, 4) is 0 Å². The zero-order valence-corrected chi connectivity index (χ0v) is 24.1. The first-order chi connectivity index (χ1) is 16.0. The van der Waals surface area contributed by atoms with E-state index in [0.29, 0.717) is 13.2 Å². The molecule has 0 saturated heterocycles. The molecule has 0 N–H and O–H groups in total. The van der Waals surface area contributed by atoms with Gasteiger partial charge in [0, 0.05) is 19.6 Å². The maximum absolute atomic E-state index is 12.8. The lowest BCUT2D eigenvalue weighted by atomic mass is 9.93. The van der Waals surface area contributed by atoms with Gasteiger partial charge < -0.3 is 18.6 Å². The van der Waals surface area contributed by atoms with Crippen LogP contribution in [0.4, 0.5) is 0 Å². The molecular weight excluding hydrogens is 512 g/mol. The predicted octanol–water partition coefficient (Wildman–Crippen LogP) is 4.90. The summed E-state index contributed by atoms with van der Waals surface area (Å²) in [5.74, 6) is -0.501. The van der Waals surface area contributed by atoms with Crippen LogP contribution in [0.5, 0.6) is 0 Å². The van der Waals surface area contributed by atoms with E-state index in [1.54, 1.807) is 21.0 Å². The fourth-order valence-electron chi connectivity index (χ4n) is 4.49. The quantitative estimate of drug-likeness (QED) is 0.163. The molecule has 2 rings (SSSR count). The SMILES string of the molecule is CCOC(=O)[C@@](C)(Br)[C@H](OCOC)[C@H](C)CO[Si](c1ccccc1)(c1ccccc1)C(C)(C)C. The van der Waals surface area contributed by atoms with E-state index in [4.69, 9.17) is 18.6 Å². The van der Waals surface area contributed by atoms with Gasteiger partial charge in [0.2, 0.25) is 0 Å². The van der Waals surface area contributed by atoms with Crippen LogP contribution in [0, 0.1) is 5.92 Å². The first-order valence-electron chi connectivity index (χ1n) is 11.7. The van der Waals surface area contributed by atoms with E-state index in [-0.39, 0.29) is 23.7 Å². The van der Waals surface area contributed by atoms with Gasteiger partial charge in [-0.05, 0) is 29.3 Å². The van der Waals surface area contributed by atoms with E-state index in [1.165, 1.54) is 10.4 Å². The normalized spacial score (nSPS) is 15.9. The minimum absolute atomic E-state index is 0.0643. The summed E-state index contributed by atoms with van der Waals surface area (Å²) in [6.07, 6.45) is -0.523.